The predicted molar refractivity (Wildman–Crippen MR) is 73.9 cm³/mol. The molecule has 0 amide bonds. The highest BCUT2D eigenvalue weighted by atomic mass is 16.5. The first-order valence-electron chi connectivity index (χ1n) is 5.92. The van der Waals surface area contributed by atoms with Crippen molar-refractivity contribution in [1.82, 2.24) is 15.6 Å². The Morgan fingerprint density at radius 3 is 2.56 bits per heavy atom. The van der Waals surface area contributed by atoms with Crippen molar-refractivity contribution in [3.05, 3.63) is 23.9 Å². The zero-order valence-electron chi connectivity index (χ0n) is 11.7. The number of ether oxygens (including phenoxy) is 1. The largest absolute Gasteiger partial charge is 0.481 e. The predicted octanol–water partition coefficient (Wildman–Crippen LogP) is 1.55. The van der Waals surface area contributed by atoms with Crippen LogP contribution in [0.1, 0.15) is 26.3 Å². The molecule has 1 aromatic rings. The van der Waals surface area contributed by atoms with E-state index < -0.39 is 0 Å². The number of hydrogen-bond acceptors (Lipinski definition) is 3. The van der Waals surface area contributed by atoms with Crippen molar-refractivity contribution in [3.8, 4) is 5.88 Å². The maximum atomic E-state index is 5.01. The Balaban J connectivity index is 2.52. The highest BCUT2D eigenvalue weighted by molar-refractivity contribution is 5.80. The Morgan fingerprint density at radius 2 is 2.11 bits per heavy atom. The second-order valence-corrected chi connectivity index (χ2v) is 5.01. The van der Waals surface area contributed by atoms with Crippen molar-refractivity contribution < 1.29 is 4.74 Å². The molecule has 18 heavy (non-hydrogen) atoms. The zero-order chi connectivity index (χ0) is 13.6. The lowest BCUT2D eigenvalue weighted by Gasteiger charge is -2.23. The zero-order valence-corrected chi connectivity index (χ0v) is 11.7. The first-order chi connectivity index (χ1) is 8.44. The van der Waals surface area contributed by atoms with Gasteiger partial charge in [0.25, 0.3) is 0 Å². The average molecular weight is 250 g/mol. The number of methoxy groups -OCH3 is 1. The molecule has 0 aliphatic rings. The number of nitrogens with one attached hydrogen (secondary N) is 2. The summed E-state index contributed by atoms with van der Waals surface area (Å²) in [4.78, 5) is 8.32. The minimum atomic E-state index is -0.0139. The fraction of sp³-hybridized carbons (Fsp3) is 0.538. The third kappa shape index (κ3) is 5.03. The van der Waals surface area contributed by atoms with E-state index in [9.17, 15) is 0 Å². The molecule has 100 valence electrons. The van der Waals surface area contributed by atoms with Gasteiger partial charge in [0, 0.05) is 31.4 Å². The van der Waals surface area contributed by atoms with E-state index in [0.717, 1.165) is 11.5 Å². The van der Waals surface area contributed by atoms with Gasteiger partial charge in [-0.3, -0.25) is 4.99 Å². The average Bonchev–Trinajstić information content (AvgIpc) is 2.33. The van der Waals surface area contributed by atoms with Gasteiger partial charge in [-0.1, -0.05) is 6.07 Å². The maximum Gasteiger partial charge on any atom is 0.212 e. The molecule has 0 atom stereocenters. The third-order valence-corrected chi connectivity index (χ3v) is 2.18. The quantitative estimate of drug-likeness (QED) is 0.631. The lowest BCUT2D eigenvalue weighted by atomic mass is 10.1. The van der Waals surface area contributed by atoms with E-state index in [4.69, 9.17) is 4.74 Å². The van der Waals surface area contributed by atoms with Crippen LogP contribution in [0, 0.1) is 0 Å². The van der Waals surface area contributed by atoms with Gasteiger partial charge in [0.05, 0.1) is 7.11 Å². The fourth-order valence-corrected chi connectivity index (χ4v) is 1.36. The van der Waals surface area contributed by atoms with E-state index in [-0.39, 0.29) is 5.54 Å². The summed E-state index contributed by atoms with van der Waals surface area (Å²) in [6.45, 7) is 6.95. The second-order valence-electron chi connectivity index (χ2n) is 5.01. The van der Waals surface area contributed by atoms with E-state index in [1.54, 1.807) is 20.4 Å². The SMILES string of the molecule is CN=C(NCc1ccc(OC)nc1)NC(C)(C)C. The molecule has 0 aromatic carbocycles. The lowest BCUT2D eigenvalue weighted by molar-refractivity contribution is 0.397. The number of pyridine rings is 1. The molecule has 5 heteroatoms. The van der Waals surface area contributed by atoms with Crippen LogP contribution in [-0.4, -0.2) is 30.6 Å². The maximum absolute atomic E-state index is 5.01. The van der Waals surface area contributed by atoms with E-state index in [1.165, 1.54) is 0 Å². The minimum Gasteiger partial charge on any atom is -0.481 e. The number of aliphatic imine (C=N–C) groups is 1. The molecule has 2 N–H and O–H groups in total. The second kappa shape index (κ2) is 6.23. The number of nitrogens with zero attached hydrogens (tertiary/aromatic N) is 2. The fourth-order valence-electron chi connectivity index (χ4n) is 1.36. The molecule has 0 aliphatic heterocycles. The van der Waals surface area contributed by atoms with E-state index in [0.29, 0.717) is 12.4 Å². The Bertz CT molecular complexity index is 392. The topological polar surface area (TPSA) is 58.5 Å². The standard InChI is InChI=1S/C13H22N4O/c1-13(2,3)17-12(14-4)16-9-10-6-7-11(18-5)15-8-10/h6-8H,9H2,1-5H3,(H2,14,16,17). The molecule has 0 spiro atoms. The molecular weight excluding hydrogens is 228 g/mol. The smallest absolute Gasteiger partial charge is 0.212 e. The van der Waals surface area contributed by atoms with Crippen LogP contribution < -0.4 is 15.4 Å². The van der Waals surface area contributed by atoms with Gasteiger partial charge in [0.2, 0.25) is 5.88 Å². The van der Waals surface area contributed by atoms with Crippen molar-refractivity contribution >= 4 is 5.96 Å². The van der Waals surface area contributed by atoms with Crippen LogP contribution in [0.3, 0.4) is 0 Å². The summed E-state index contributed by atoms with van der Waals surface area (Å²) in [5.74, 6) is 1.40. The summed E-state index contributed by atoms with van der Waals surface area (Å²) in [7, 11) is 3.36. The van der Waals surface area contributed by atoms with Crippen molar-refractivity contribution in [1.29, 1.82) is 0 Å². The highest BCUT2D eigenvalue weighted by Gasteiger charge is 2.11. The Kier molecular flexibility index (Phi) is 4.95. The van der Waals surface area contributed by atoms with Gasteiger partial charge in [-0.2, -0.15) is 0 Å². The number of guanidine groups is 1. The van der Waals surface area contributed by atoms with Crippen LogP contribution in [-0.2, 0) is 6.54 Å². The summed E-state index contributed by atoms with van der Waals surface area (Å²) in [5, 5.41) is 6.53. The molecule has 1 aromatic heterocycles. The molecule has 1 rings (SSSR count). The van der Waals surface area contributed by atoms with Gasteiger partial charge in [-0.05, 0) is 26.3 Å². The van der Waals surface area contributed by atoms with E-state index in [1.807, 2.05) is 12.1 Å². The van der Waals surface area contributed by atoms with Gasteiger partial charge >= 0.3 is 0 Å². The van der Waals surface area contributed by atoms with Crippen molar-refractivity contribution in [2.75, 3.05) is 14.2 Å². The van der Waals surface area contributed by atoms with E-state index >= 15 is 0 Å². The summed E-state index contributed by atoms with van der Waals surface area (Å²) in [6, 6.07) is 3.82. The summed E-state index contributed by atoms with van der Waals surface area (Å²) in [5.41, 5.74) is 1.06. The third-order valence-electron chi connectivity index (χ3n) is 2.18. The molecule has 5 nitrogen and oxygen atoms in total. The van der Waals surface area contributed by atoms with Crippen LogP contribution in [0.15, 0.2) is 23.3 Å². The van der Waals surface area contributed by atoms with Crippen molar-refractivity contribution in [2.45, 2.75) is 32.9 Å². The summed E-state index contributed by atoms with van der Waals surface area (Å²) >= 11 is 0. The van der Waals surface area contributed by atoms with Crippen LogP contribution in [0.4, 0.5) is 0 Å². The minimum absolute atomic E-state index is 0.0139. The van der Waals surface area contributed by atoms with Crippen molar-refractivity contribution in [3.63, 3.8) is 0 Å². The molecular formula is C13H22N4O. The summed E-state index contributed by atoms with van der Waals surface area (Å²) < 4.78 is 5.01. The highest BCUT2D eigenvalue weighted by Crippen LogP contribution is 2.06. The lowest BCUT2D eigenvalue weighted by Crippen LogP contribution is -2.47. The number of aromatic nitrogens is 1. The Labute approximate surface area is 109 Å². The molecule has 0 saturated carbocycles. The van der Waals surface area contributed by atoms with Gasteiger partial charge in [0.15, 0.2) is 5.96 Å². The van der Waals surface area contributed by atoms with Gasteiger partial charge < -0.3 is 15.4 Å². The van der Waals surface area contributed by atoms with E-state index in [2.05, 4.69) is 41.4 Å². The Morgan fingerprint density at radius 1 is 1.39 bits per heavy atom. The van der Waals surface area contributed by atoms with Gasteiger partial charge in [-0.15, -0.1) is 0 Å². The van der Waals surface area contributed by atoms with Gasteiger partial charge in [0.1, 0.15) is 0 Å². The van der Waals surface area contributed by atoms with Crippen LogP contribution in [0.2, 0.25) is 0 Å². The molecule has 0 fully saturated rings. The van der Waals surface area contributed by atoms with Gasteiger partial charge in [-0.25, -0.2) is 4.98 Å². The molecule has 0 radical (unpaired) electrons. The number of hydrogen-bond donors (Lipinski definition) is 2. The Hall–Kier alpha value is -1.78. The van der Waals surface area contributed by atoms with Crippen LogP contribution in [0.25, 0.3) is 0 Å². The molecule has 0 unspecified atom stereocenters. The van der Waals surface area contributed by atoms with Crippen molar-refractivity contribution in [2.24, 2.45) is 4.99 Å². The monoisotopic (exact) mass is 250 g/mol. The molecule has 0 aliphatic carbocycles. The first-order valence-corrected chi connectivity index (χ1v) is 5.92. The first kappa shape index (κ1) is 14.3. The molecule has 0 bridgehead atoms. The normalized spacial score (nSPS) is 12.2. The number of rotatable bonds is 3. The molecule has 1 heterocycles. The van der Waals surface area contributed by atoms with Crippen LogP contribution >= 0.6 is 0 Å². The van der Waals surface area contributed by atoms with Crippen LogP contribution in [0.5, 0.6) is 5.88 Å². The summed E-state index contributed by atoms with van der Waals surface area (Å²) in [6.07, 6.45) is 1.79. The molecule has 0 saturated heterocycles.